The molecule has 0 aliphatic rings. The van der Waals surface area contributed by atoms with Gasteiger partial charge in [-0.1, -0.05) is 12.1 Å². The van der Waals surface area contributed by atoms with E-state index in [1.54, 1.807) is 0 Å². The lowest BCUT2D eigenvalue weighted by Gasteiger charge is -2.04. The number of para-hydroxylation sites is 1. The highest BCUT2D eigenvalue weighted by molar-refractivity contribution is 9.10. The van der Waals surface area contributed by atoms with Gasteiger partial charge in [0.25, 0.3) is 0 Å². The molecule has 0 saturated carbocycles. The Hall–Kier alpha value is -0.150. The summed E-state index contributed by atoms with van der Waals surface area (Å²) in [7, 11) is 0. The average molecular weight is 233 g/mol. The van der Waals surface area contributed by atoms with Crippen LogP contribution < -0.4 is 4.74 Å². The van der Waals surface area contributed by atoms with E-state index in [-0.39, 0.29) is 0 Å². The number of ether oxygens (including phenoxy) is 1. The van der Waals surface area contributed by atoms with Crippen molar-refractivity contribution in [2.75, 3.05) is 12.4 Å². The number of benzene rings is 1. The Bertz CT molecular complexity index is 227. The van der Waals surface area contributed by atoms with Gasteiger partial charge in [-0.2, -0.15) is 12.6 Å². The van der Waals surface area contributed by atoms with E-state index in [2.05, 4.69) is 28.6 Å². The van der Waals surface area contributed by atoms with Crippen LogP contribution in [0.25, 0.3) is 0 Å². The molecular weight excluding hydrogens is 224 g/mol. The summed E-state index contributed by atoms with van der Waals surface area (Å²) in [4.78, 5) is 0. The largest absolute Gasteiger partial charge is 0.492 e. The second-order valence-electron chi connectivity index (χ2n) is 2.00. The number of hydrogen-bond acceptors (Lipinski definition) is 2. The Labute approximate surface area is 80.3 Å². The number of thiol groups is 1. The summed E-state index contributed by atoms with van der Waals surface area (Å²) in [5, 5.41) is 0. The highest BCUT2D eigenvalue weighted by Gasteiger charge is 1.96. The molecule has 0 amide bonds. The number of hydrogen-bond donors (Lipinski definition) is 1. The summed E-state index contributed by atoms with van der Waals surface area (Å²) < 4.78 is 6.35. The van der Waals surface area contributed by atoms with Crippen molar-refractivity contribution < 1.29 is 4.74 Å². The maximum Gasteiger partial charge on any atom is 0.133 e. The topological polar surface area (TPSA) is 9.23 Å². The zero-order valence-corrected chi connectivity index (χ0v) is 8.44. The van der Waals surface area contributed by atoms with E-state index in [9.17, 15) is 0 Å². The van der Waals surface area contributed by atoms with Gasteiger partial charge in [0.1, 0.15) is 5.75 Å². The third-order valence-electron chi connectivity index (χ3n) is 1.19. The predicted molar refractivity (Wildman–Crippen MR) is 53.5 cm³/mol. The molecule has 1 rings (SSSR count). The zero-order chi connectivity index (χ0) is 8.10. The highest BCUT2D eigenvalue weighted by atomic mass is 79.9. The van der Waals surface area contributed by atoms with Gasteiger partial charge in [-0.15, -0.1) is 0 Å². The maximum absolute atomic E-state index is 5.36. The third kappa shape index (κ3) is 2.75. The zero-order valence-electron chi connectivity index (χ0n) is 5.96. The van der Waals surface area contributed by atoms with Crippen LogP contribution in [0.1, 0.15) is 0 Å². The highest BCUT2D eigenvalue weighted by Crippen LogP contribution is 2.23. The van der Waals surface area contributed by atoms with E-state index in [1.165, 1.54) is 0 Å². The van der Waals surface area contributed by atoms with E-state index in [0.29, 0.717) is 6.61 Å². The van der Waals surface area contributed by atoms with Gasteiger partial charge in [-0.25, -0.2) is 0 Å². The van der Waals surface area contributed by atoms with Crippen molar-refractivity contribution in [3.8, 4) is 5.75 Å². The molecule has 1 aromatic carbocycles. The molecule has 11 heavy (non-hydrogen) atoms. The predicted octanol–water partition coefficient (Wildman–Crippen LogP) is 2.76. The Morgan fingerprint density at radius 3 is 2.73 bits per heavy atom. The molecule has 0 bridgehead atoms. The second kappa shape index (κ2) is 4.67. The SMILES string of the molecule is SCCOc1ccccc1Br. The summed E-state index contributed by atoms with van der Waals surface area (Å²) in [5.74, 6) is 1.61. The van der Waals surface area contributed by atoms with E-state index < -0.39 is 0 Å². The van der Waals surface area contributed by atoms with Crippen molar-refractivity contribution in [2.45, 2.75) is 0 Å². The average Bonchev–Trinajstić information content (AvgIpc) is 2.03. The summed E-state index contributed by atoms with van der Waals surface area (Å²) in [6, 6.07) is 7.78. The van der Waals surface area contributed by atoms with Crippen LogP contribution in [0.5, 0.6) is 5.75 Å². The second-order valence-corrected chi connectivity index (χ2v) is 3.30. The molecule has 0 spiro atoms. The fourth-order valence-electron chi connectivity index (χ4n) is 0.717. The monoisotopic (exact) mass is 232 g/mol. The first kappa shape index (κ1) is 8.94. The van der Waals surface area contributed by atoms with Crippen LogP contribution in [0.3, 0.4) is 0 Å². The number of rotatable bonds is 3. The fraction of sp³-hybridized carbons (Fsp3) is 0.250. The van der Waals surface area contributed by atoms with E-state index >= 15 is 0 Å². The molecule has 1 aromatic rings. The molecule has 0 aliphatic carbocycles. The fourth-order valence-corrected chi connectivity index (χ4v) is 1.21. The lowest BCUT2D eigenvalue weighted by Crippen LogP contribution is -1.98. The van der Waals surface area contributed by atoms with Crippen LogP contribution in [0.4, 0.5) is 0 Å². The first-order valence-electron chi connectivity index (χ1n) is 3.33. The Kier molecular flexibility index (Phi) is 3.80. The van der Waals surface area contributed by atoms with Crippen LogP contribution in [0.2, 0.25) is 0 Å². The quantitative estimate of drug-likeness (QED) is 0.790. The Morgan fingerprint density at radius 1 is 1.36 bits per heavy atom. The van der Waals surface area contributed by atoms with Gasteiger partial charge in [0, 0.05) is 5.75 Å². The molecule has 1 nitrogen and oxygen atoms in total. The molecule has 0 atom stereocenters. The van der Waals surface area contributed by atoms with Gasteiger partial charge in [0.15, 0.2) is 0 Å². The van der Waals surface area contributed by atoms with Crippen LogP contribution in [-0.2, 0) is 0 Å². The van der Waals surface area contributed by atoms with Gasteiger partial charge in [-0.05, 0) is 28.1 Å². The number of halogens is 1. The Balaban J connectivity index is 2.62. The summed E-state index contributed by atoms with van der Waals surface area (Å²) >= 11 is 7.42. The molecule has 0 heterocycles. The molecule has 0 radical (unpaired) electrons. The molecule has 0 aromatic heterocycles. The minimum Gasteiger partial charge on any atom is -0.492 e. The minimum absolute atomic E-state index is 0.645. The van der Waals surface area contributed by atoms with Crippen molar-refractivity contribution in [1.82, 2.24) is 0 Å². The van der Waals surface area contributed by atoms with E-state index in [4.69, 9.17) is 4.74 Å². The molecule has 0 unspecified atom stereocenters. The molecule has 0 N–H and O–H groups in total. The van der Waals surface area contributed by atoms with Crippen molar-refractivity contribution in [2.24, 2.45) is 0 Å². The minimum atomic E-state index is 0.645. The summed E-state index contributed by atoms with van der Waals surface area (Å²) in [6.07, 6.45) is 0. The third-order valence-corrected chi connectivity index (χ3v) is 2.02. The van der Waals surface area contributed by atoms with Crippen molar-refractivity contribution in [3.63, 3.8) is 0 Å². The van der Waals surface area contributed by atoms with Gasteiger partial charge in [0.05, 0.1) is 11.1 Å². The van der Waals surface area contributed by atoms with Crippen LogP contribution >= 0.6 is 28.6 Å². The van der Waals surface area contributed by atoms with E-state index in [1.807, 2.05) is 24.3 Å². The first-order chi connectivity index (χ1) is 5.34. The van der Waals surface area contributed by atoms with Crippen molar-refractivity contribution in [3.05, 3.63) is 28.7 Å². The van der Waals surface area contributed by atoms with Gasteiger partial charge < -0.3 is 4.74 Å². The normalized spacial score (nSPS) is 9.64. The van der Waals surface area contributed by atoms with Crippen LogP contribution in [0, 0.1) is 0 Å². The standard InChI is InChI=1S/C8H9BrOS/c9-7-3-1-2-4-8(7)10-5-6-11/h1-4,11H,5-6H2. The molecule has 3 heteroatoms. The van der Waals surface area contributed by atoms with Gasteiger partial charge in [-0.3, -0.25) is 0 Å². The molecule has 60 valence electrons. The molecule has 0 fully saturated rings. The first-order valence-corrected chi connectivity index (χ1v) is 4.75. The lowest BCUT2D eigenvalue weighted by molar-refractivity contribution is 0.342. The summed E-state index contributed by atoms with van der Waals surface area (Å²) in [6.45, 7) is 0.645. The van der Waals surface area contributed by atoms with Crippen LogP contribution in [0.15, 0.2) is 28.7 Å². The van der Waals surface area contributed by atoms with Gasteiger partial charge >= 0.3 is 0 Å². The molecular formula is C8H9BrOS. The lowest BCUT2D eigenvalue weighted by atomic mass is 10.3. The van der Waals surface area contributed by atoms with E-state index in [0.717, 1.165) is 16.0 Å². The molecule has 0 aliphatic heterocycles. The smallest absolute Gasteiger partial charge is 0.133 e. The van der Waals surface area contributed by atoms with Crippen LogP contribution in [-0.4, -0.2) is 12.4 Å². The van der Waals surface area contributed by atoms with Gasteiger partial charge in [0.2, 0.25) is 0 Å². The maximum atomic E-state index is 5.36. The molecule has 0 saturated heterocycles. The van der Waals surface area contributed by atoms with Crippen molar-refractivity contribution >= 4 is 28.6 Å². The summed E-state index contributed by atoms with van der Waals surface area (Å²) in [5.41, 5.74) is 0. The van der Waals surface area contributed by atoms with Crippen molar-refractivity contribution in [1.29, 1.82) is 0 Å². The Morgan fingerprint density at radius 2 is 2.09 bits per heavy atom.